The van der Waals surface area contributed by atoms with Gasteiger partial charge in [0.2, 0.25) is 5.91 Å². The van der Waals surface area contributed by atoms with Gasteiger partial charge in [-0.05, 0) is 30.9 Å². The van der Waals surface area contributed by atoms with Crippen LogP contribution in [0.2, 0.25) is 0 Å². The van der Waals surface area contributed by atoms with Crippen LogP contribution in [0.3, 0.4) is 0 Å². The van der Waals surface area contributed by atoms with Crippen LogP contribution in [0, 0.1) is 5.92 Å². The van der Waals surface area contributed by atoms with Gasteiger partial charge in [-0.25, -0.2) is 0 Å². The summed E-state index contributed by atoms with van der Waals surface area (Å²) in [6.07, 6.45) is 2.32. The van der Waals surface area contributed by atoms with E-state index in [9.17, 15) is 9.59 Å². The molecule has 21 heavy (non-hydrogen) atoms. The number of piperidine rings is 1. The van der Waals surface area contributed by atoms with Crippen molar-refractivity contribution in [3.63, 3.8) is 0 Å². The van der Waals surface area contributed by atoms with Crippen molar-refractivity contribution in [1.82, 2.24) is 4.90 Å². The predicted octanol–water partition coefficient (Wildman–Crippen LogP) is 1.85. The minimum atomic E-state index is -0.162. The highest BCUT2D eigenvalue weighted by Gasteiger charge is 2.23. The number of likely N-dealkylation sites (tertiary alicyclic amines) is 1. The standard InChI is InChI=1S/C16H23N3O2/c1-12-7-10-19(11-8-12)16(21)13-4-2-3-5-14(13)18-15(20)6-9-17/h2-5,12H,6-11,17H2,1H3,(H,18,20). The topological polar surface area (TPSA) is 75.4 Å². The Bertz CT molecular complexity index is 508. The van der Waals surface area contributed by atoms with Crippen molar-refractivity contribution < 1.29 is 9.59 Å². The first-order valence-corrected chi connectivity index (χ1v) is 7.50. The maximum Gasteiger partial charge on any atom is 0.255 e. The van der Waals surface area contributed by atoms with Crippen LogP contribution in [0.4, 0.5) is 5.69 Å². The molecular weight excluding hydrogens is 266 g/mol. The third-order valence-corrected chi connectivity index (χ3v) is 3.87. The van der Waals surface area contributed by atoms with Gasteiger partial charge >= 0.3 is 0 Å². The SMILES string of the molecule is CC1CCN(C(=O)c2ccccc2NC(=O)CCN)CC1. The van der Waals surface area contributed by atoms with Crippen LogP contribution < -0.4 is 11.1 Å². The Morgan fingerprint density at radius 2 is 1.95 bits per heavy atom. The molecular formula is C16H23N3O2. The van der Waals surface area contributed by atoms with Crippen molar-refractivity contribution in [2.75, 3.05) is 25.0 Å². The van der Waals surface area contributed by atoms with Crippen molar-refractivity contribution in [3.8, 4) is 0 Å². The number of hydrogen-bond acceptors (Lipinski definition) is 3. The number of nitrogens with one attached hydrogen (secondary N) is 1. The van der Waals surface area contributed by atoms with Crippen molar-refractivity contribution >= 4 is 17.5 Å². The first kappa shape index (κ1) is 15.5. The molecule has 0 bridgehead atoms. The first-order valence-electron chi connectivity index (χ1n) is 7.50. The number of carbonyl (C=O) groups excluding carboxylic acids is 2. The number of rotatable bonds is 4. The number of anilines is 1. The van der Waals surface area contributed by atoms with Gasteiger partial charge in [0.25, 0.3) is 5.91 Å². The van der Waals surface area contributed by atoms with E-state index in [1.807, 2.05) is 17.0 Å². The molecule has 1 saturated heterocycles. The Morgan fingerprint density at radius 3 is 2.62 bits per heavy atom. The molecule has 1 heterocycles. The molecule has 5 heteroatoms. The van der Waals surface area contributed by atoms with Crippen LogP contribution in [0.5, 0.6) is 0 Å². The van der Waals surface area contributed by atoms with E-state index in [2.05, 4.69) is 12.2 Å². The summed E-state index contributed by atoms with van der Waals surface area (Å²) < 4.78 is 0. The molecule has 0 atom stereocenters. The average molecular weight is 289 g/mol. The highest BCUT2D eigenvalue weighted by molar-refractivity contribution is 6.03. The highest BCUT2D eigenvalue weighted by atomic mass is 16.2. The number of nitrogens with two attached hydrogens (primary N) is 1. The summed E-state index contributed by atoms with van der Waals surface area (Å²) in [7, 11) is 0. The summed E-state index contributed by atoms with van der Waals surface area (Å²) >= 11 is 0. The van der Waals surface area contributed by atoms with E-state index in [4.69, 9.17) is 5.73 Å². The zero-order valence-electron chi connectivity index (χ0n) is 12.5. The third kappa shape index (κ3) is 4.04. The number of carbonyl (C=O) groups is 2. The van der Waals surface area contributed by atoms with E-state index in [0.29, 0.717) is 23.7 Å². The van der Waals surface area contributed by atoms with E-state index < -0.39 is 0 Å². The molecule has 3 N–H and O–H groups in total. The molecule has 1 aliphatic heterocycles. The lowest BCUT2D eigenvalue weighted by Gasteiger charge is -2.30. The summed E-state index contributed by atoms with van der Waals surface area (Å²) in [5.41, 5.74) is 6.50. The summed E-state index contributed by atoms with van der Waals surface area (Å²) in [4.78, 5) is 26.2. The molecule has 1 aromatic rings. The van der Waals surface area contributed by atoms with Gasteiger partial charge in [-0.3, -0.25) is 9.59 Å². The number of amides is 2. The molecule has 2 amide bonds. The molecule has 114 valence electrons. The second-order valence-electron chi connectivity index (χ2n) is 5.61. The van der Waals surface area contributed by atoms with Crippen LogP contribution in [0.25, 0.3) is 0 Å². The summed E-state index contributed by atoms with van der Waals surface area (Å²) in [6.45, 7) is 4.07. The van der Waals surface area contributed by atoms with Gasteiger partial charge in [0.05, 0.1) is 11.3 Å². The fraction of sp³-hybridized carbons (Fsp3) is 0.500. The zero-order valence-corrected chi connectivity index (χ0v) is 12.5. The van der Waals surface area contributed by atoms with Gasteiger partial charge < -0.3 is 16.0 Å². The van der Waals surface area contributed by atoms with Gasteiger partial charge in [-0.2, -0.15) is 0 Å². The van der Waals surface area contributed by atoms with Crippen LogP contribution in [0.15, 0.2) is 24.3 Å². The molecule has 1 aliphatic rings. The maximum absolute atomic E-state index is 12.6. The van der Waals surface area contributed by atoms with Crippen molar-refractivity contribution in [1.29, 1.82) is 0 Å². The summed E-state index contributed by atoms with van der Waals surface area (Å²) in [5, 5.41) is 2.77. The summed E-state index contributed by atoms with van der Waals surface area (Å²) in [5.74, 6) is 0.504. The Labute approximate surface area is 125 Å². The minimum absolute atomic E-state index is 0.00875. The molecule has 0 radical (unpaired) electrons. The molecule has 2 rings (SSSR count). The predicted molar refractivity (Wildman–Crippen MR) is 83.0 cm³/mol. The molecule has 0 aromatic heterocycles. The molecule has 0 saturated carbocycles. The molecule has 0 aliphatic carbocycles. The second-order valence-corrected chi connectivity index (χ2v) is 5.61. The van der Waals surface area contributed by atoms with Crippen LogP contribution in [-0.2, 0) is 4.79 Å². The van der Waals surface area contributed by atoms with E-state index in [0.717, 1.165) is 25.9 Å². The van der Waals surface area contributed by atoms with Gasteiger partial charge in [0.1, 0.15) is 0 Å². The fourth-order valence-electron chi connectivity index (χ4n) is 2.50. The van der Waals surface area contributed by atoms with Crippen molar-refractivity contribution in [2.24, 2.45) is 11.7 Å². The van der Waals surface area contributed by atoms with Gasteiger partial charge in [-0.15, -0.1) is 0 Å². The van der Waals surface area contributed by atoms with E-state index in [1.165, 1.54) is 0 Å². The highest BCUT2D eigenvalue weighted by Crippen LogP contribution is 2.22. The Hall–Kier alpha value is -1.88. The summed E-state index contributed by atoms with van der Waals surface area (Å²) in [6, 6.07) is 7.15. The molecule has 1 fully saturated rings. The van der Waals surface area contributed by atoms with Crippen molar-refractivity contribution in [2.45, 2.75) is 26.2 Å². The van der Waals surface area contributed by atoms with E-state index in [-0.39, 0.29) is 18.2 Å². The minimum Gasteiger partial charge on any atom is -0.339 e. The number of hydrogen-bond donors (Lipinski definition) is 2. The number of para-hydroxylation sites is 1. The average Bonchev–Trinajstić information content (AvgIpc) is 2.48. The van der Waals surface area contributed by atoms with Crippen molar-refractivity contribution in [3.05, 3.63) is 29.8 Å². The Kier molecular flexibility index (Phi) is 5.33. The second kappa shape index (κ2) is 7.22. The van der Waals surface area contributed by atoms with E-state index in [1.54, 1.807) is 12.1 Å². The maximum atomic E-state index is 12.6. The first-order chi connectivity index (χ1) is 10.1. The number of benzene rings is 1. The van der Waals surface area contributed by atoms with Crippen LogP contribution in [-0.4, -0.2) is 36.3 Å². The van der Waals surface area contributed by atoms with Gasteiger partial charge in [-0.1, -0.05) is 19.1 Å². The van der Waals surface area contributed by atoms with E-state index >= 15 is 0 Å². The molecule has 1 aromatic carbocycles. The lowest BCUT2D eigenvalue weighted by atomic mass is 9.98. The van der Waals surface area contributed by atoms with Crippen LogP contribution >= 0.6 is 0 Å². The third-order valence-electron chi connectivity index (χ3n) is 3.87. The fourth-order valence-corrected chi connectivity index (χ4v) is 2.50. The van der Waals surface area contributed by atoms with Crippen LogP contribution in [0.1, 0.15) is 36.5 Å². The largest absolute Gasteiger partial charge is 0.339 e. The lowest BCUT2D eigenvalue weighted by molar-refractivity contribution is -0.116. The quantitative estimate of drug-likeness (QED) is 0.888. The monoisotopic (exact) mass is 289 g/mol. The zero-order chi connectivity index (χ0) is 15.2. The Morgan fingerprint density at radius 1 is 1.29 bits per heavy atom. The Balaban J connectivity index is 2.11. The smallest absolute Gasteiger partial charge is 0.255 e. The van der Waals surface area contributed by atoms with Gasteiger partial charge in [0, 0.05) is 26.1 Å². The normalized spacial score (nSPS) is 15.8. The number of nitrogens with zero attached hydrogens (tertiary/aromatic N) is 1. The molecule has 0 unspecified atom stereocenters. The molecule has 5 nitrogen and oxygen atoms in total. The van der Waals surface area contributed by atoms with Gasteiger partial charge in [0.15, 0.2) is 0 Å². The lowest BCUT2D eigenvalue weighted by Crippen LogP contribution is -2.38. The molecule has 0 spiro atoms.